The number of aromatic nitrogens is 2. The number of fused-ring (bicyclic) bond motifs is 1. The lowest BCUT2D eigenvalue weighted by molar-refractivity contribution is 0.0774. The summed E-state index contributed by atoms with van der Waals surface area (Å²) >= 11 is 0. The van der Waals surface area contributed by atoms with E-state index in [4.69, 9.17) is 0 Å². The lowest BCUT2D eigenvalue weighted by Gasteiger charge is -2.19. The highest BCUT2D eigenvalue weighted by molar-refractivity contribution is 6.05. The van der Waals surface area contributed by atoms with Gasteiger partial charge in [0.05, 0.1) is 5.69 Å². The van der Waals surface area contributed by atoms with Crippen molar-refractivity contribution in [2.75, 3.05) is 18.4 Å². The van der Waals surface area contributed by atoms with Gasteiger partial charge in [-0.05, 0) is 50.7 Å². The molecule has 2 amide bonds. The molecular weight excluding hydrogens is 328 g/mol. The van der Waals surface area contributed by atoms with Crippen molar-refractivity contribution in [3.63, 3.8) is 0 Å². The predicted molar refractivity (Wildman–Crippen MR) is 99.4 cm³/mol. The van der Waals surface area contributed by atoms with Crippen LogP contribution < -0.4 is 5.32 Å². The molecule has 1 N–H and O–H groups in total. The van der Waals surface area contributed by atoms with E-state index in [2.05, 4.69) is 10.3 Å². The highest BCUT2D eigenvalue weighted by atomic mass is 16.2. The molecule has 0 atom stereocenters. The van der Waals surface area contributed by atoms with E-state index < -0.39 is 0 Å². The van der Waals surface area contributed by atoms with E-state index in [1.165, 1.54) is 0 Å². The molecule has 0 unspecified atom stereocenters. The Kier molecular flexibility index (Phi) is 4.49. The SMILES string of the molecule is Cc1ccccc1NC(=O)c1nc(C(=O)N2CCCC2)n2c1CCCC2. The summed E-state index contributed by atoms with van der Waals surface area (Å²) in [5.41, 5.74) is 3.07. The van der Waals surface area contributed by atoms with Crippen LogP contribution in [0.15, 0.2) is 24.3 Å². The van der Waals surface area contributed by atoms with Crippen molar-refractivity contribution in [1.29, 1.82) is 0 Å². The maximum Gasteiger partial charge on any atom is 0.289 e. The summed E-state index contributed by atoms with van der Waals surface area (Å²) in [6.07, 6.45) is 4.91. The van der Waals surface area contributed by atoms with Gasteiger partial charge in [-0.2, -0.15) is 0 Å². The molecule has 26 heavy (non-hydrogen) atoms. The molecule has 1 saturated heterocycles. The molecule has 4 rings (SSSR count). The molecule has 1 aromatic carbocycles. The van der Waals surface area contributed by atoms with Crippen LogP contribution in [-0.2, 0) is 13.0 Å². The van der Waals surface area contributed by atoms with Crippen molar-refractivity contribution in [3.8, 4) is 0 Å². The molecule has 136 valence electrons. The Labute approximate surface area is 153 Å². The van der Waals surface area contributed by atoms with Crippen molar-refractivity contribution in [3.05, 3.63) is 47.0 Å². The quantitative estimate of drug-likeness (QED) is 0.923. The number of carbonyl (C=O) groups excluding carboxylic acids is 2. The van der Waals surface area contributed by atoms with E-state index in [1.54, 1.807) is 0 Å². The highest BCUT2D eigenvalue weighted by Crippen LogP contribution is 2.24. The highest BCUT2D eigenvalue weighted by Gasteiger charge is 2.30. The zero-order valence-electron chi connectivity index (χ0n) is 15.1. The minimum Gasteiger partial charge on any atom is -0.336 e. The van der Waals surface area contributed by atoms with Gasteiger partial charge in [0.2, 0.25) is 0 Å². The third-order valence-corrected chi connectivity index (χ3v) is 5.31. The van der Waals surface area contributed by atoms with Gasteiger partial charge in [0.25, 0.3) is 11.8 Å². The van der Waals surface area contributed by atoms with Crippen LogP contribution in [0.25, 0.3) is 0 Å². The number of carbonyl (C=O) groups is 2. The number of benzene rings is 1. The van der Waals surface area contributed by atoms with E-state index >= 15 is 0 Å². The summed E-state index contributed by atoms with van der Waals surface area (Å²) in [7, 11) is 0. The fraction of sp³-hybridized carbons (Fsp3) is 0.450. The number of hydrogen-bond donors (Lipinski definition) is 1. The Balaban J connectivity index is 1.66. The van der Waals surface area contributed by atoms with Gasteiger partial charge >= 0.3 is 0 Å². The first-order valence-electron chi connectivity index (χ1n) is 9.41. The summed E-state index contributed by atoms with van der Waals surface area (Å²) < 4.78 is 1.97. The van der Waals surface area contributed by atoms with Crippen LogP contribution in [-0.4, -0.2) is 39.4 Å². The number of hydrogen-bond acceptors (Lipinski definition) is 3. The summed E-state index contributed by atoms with van der Waals surface area (Å²) in [5, 5.41) is 2.96. The summed E-state index contributed by atoms with van der Waals surface area (Å²) in [4.78, 5) is 32.1. The lowest BCUT2D eigenvalue weighted by atomic mass is 10.1. The molecular formula is C20H24N4O2. The molecule has 6 heteroatoms. The Hall–Kier alpha value is -2.63. The summed E-state index contributed by atoms with van der Waals surface area (Å²) in [6.45, 7) is 4.28. The van der Waals surface area contributed by atoms with Gasteiger partial charge in [-0.25, -0.2) is 4.98 Å². The van der Waals surface area contributed by atoms with Gasteiger partial charge in [-0.1, -0.05) is 18.2 Å². The largest absolute Gasteiger partial charge is 0.336 e. The number of amides is 2. The van der Waals surface area contributed by atoms with E-state index in [1.807, 2.05) is 40.7 Å². The van der Waals surface area contributed by atoms with Crippen LogP contribution in [0.5, 0.6) is 0 Å². The standard InChI is InChI=1S/C20H24N4O2/c1-14-8-2-3-9-15(14)21-19(25)17-16-10-4-5-13-24(16)18(22-17)20(26)23-11-6-7-12-23/h2-3,8-9H,4-7,10-13H2,1H3,(H,21,25). The topological polar surface area (TPSA) is 67.2 Å². The number of likely N-dealkylation sites (tertiary alicyclic amines) is 1. The molecule has 0 spiro atoms. The van der Waals surface area contributed by atoms with Gasteiger partial charge in [-0.3, -0.25) is 9.59 Å². The number of aryl methyl sites for hydroxylation is 1. The number of imidazole rings is 1. The van der Waals surface area contributed by atoms with E-state index in [0.717, 1.165) is 68.7 Å². The van der Waals surface area contributed by atoms with Crippen molar-refractivity contribution < 1.29 is 9.59 Å². The molecule has 0 radical (unpaired) electrons. The normalized spacial score (nSPS) is 16.4. The first-order chi connectivity index (χ1) is 12.6. The molecule has 1 fully saturated rings. The fourth-order valence-electron chi connectivity index (χ4n) is 3.84. The number of rotatable bonds is 3. The van der Waals surface area contributed by atoms with Crippen LogP contribution in [0.1, 0.15) is 58.0 Å². The van der Waals surface area contributed by atoms with Crippen molar-refractivity contribution >= 4 is 17.5 Å². The van der Waals surface area contributed by atoms with Gasteiger partial charge in [0, 0.05) is 25.3 Å². The third-order valence-electron chi connectivity index (χ3n) is 5.31. The fourth-order valence-corrected chi connectivity index (χ4v) is 3.84. The van der Waals surface area contributed by atoms with Crippen molar-refractivity contribution in [2.24, 2.45) is 0 Å². The second-order valence-electron chi connectivity index (χ2n) is 7.11. The first-order valence-corrected chi connectivity index (χ1v) is 9.41. The van der Waals surface area contributed by atoms with Crippen LogP contribution in [0.3, 0.4) is 0 Å². The Morgan fingerprint density at radius 2 is 1.77 bits per heavy atom. The van der Waals surface area contributed by atoms with Gasteiger partial charge in [0.15, 0.2) is 11.5 Å². The Bertz CT molecular complexity index is 849. The maximum absolute atomic E-state index is 12.9. The average Bonchev–Trinajstić information content (AvgIpc) is 3.31. The van der Waals surface area contributed by atoms with Crippen LogP contribution in [0, 0.1) is 6.92 Å². The smallest absolute Gasteiger partial charge is 0.289 e. The molecule has 2 aliphatic heterocycles. The molecule has 0 bridgehead atoms. The van der Waals surface area contributed by atoms with Crippen molar-refractivity contribution in [2.45, 2.75) is 45.6 Å². The Morgan fingerprint density at radius 3 is 2.54 bits per heavy atom. The summed E-state index contributed by atoms with van der Waals surface area (Å²) in [5.74, 6) is 0.155. The lowest BCUT2D eigenvalue weighted by Crippen LogP contribution is -2.31. The first kappa shape index (κ1) is 16.8. The molecule has 0 saturated carbocycles. The monoisotopic (exact) mass is 352 g/mol. The minimum absolute atomic E-state index is 0.0411. The second-order valence-corrected chi connectivity index (χ2v) is 7.11. The average molecular weight is 352 g/mol. The van der Waals surface area contributed by atoms with Gasteiger partial charge in [-0.15, -0.1) is 0 Å². The van der Waals surface area contributed by atoms with Crippen LogP contribution in [0.2, 0.25) is 0 Å². The number of anilines is 1. The Morgan fingerprint density at radius 1 is 1.04 bits per heavy atom. The van der Waals surface area contributed by atoms with E-state index in [-0.39, 0.29) is 11.8 Å². The van der Waals surface area contributed by atoms with Gasteiger partial charge < -0.3 is 14.8 Å². The van der Waals surface area contributed by atoms with Crippen molar-refractivity contribution in [1.82, 2.24) is 14.5 Å². The number of nitrogens with one attached hydrogen (secondary N) is 1. The zero-order valence-corrected chi connectivity index (χ0v) is 15.1. The third kappa shape index (κ3) is 3.00. The minimum atomic E-state index is -0.231. The molecule has 1 aromatic heterocycles. The van der Waals surface area contributed by atoms with Crippen LogP contribution >= 0.6 is 0 Å². The molecule has 6 nitrogen and oxygen atoms in total. The van der Waals surface area contributed by atoms with E-state index in [9.17, 15) is 9.59 Å². The number of para-hydroxylation sites is 1. The second kappa shape index (κ2) is 6.94. The molecule has 2 aromatic rings. The molecule has 0 aliphatic carbocycles. The zero-order chi connectivity index (χ0) is 18.1. The predicted octanol–water partition coefficient (Wildman–Crippen LogP) is 3.02. The summed E-state index contributed by atoms with van der Waals surface area (Å²) in [6, 6.07) is 7.68. The van der Waals surface area contributed by atoms with Gasteiger partial charge in [0.1, 0.15) is 0 Å². The maximum atomic E-state index is 12.9. The molecule has 3 heterocycles. The van der Waals surface area contributed by atoms with E-state index in [0.29, 0.717) is 11.5 Å². The van der Waals surface area contributed by atoms with Crippen LogP contribution in [0.4, 0.5) is 5.69 Å². The number of nitrogens with zero attached hydrogens (tertiary/aromatic N) is 3. The molecule has 2 aliphatic rings.